The summed E-state index contributed by atoms with van der Waals surface area (Å²) in [4.78, 5) is 4.56. The van der Waals surface area contributed by atoms with Gasteiger partial charge in [0.1, 0.15) is 0 Å². The topological polar surface area (TPSA) is 22.8 Å². The van der Waals surface area contributed by atoms with E-state index in [0.29, 0.717) is 0 Å². The van der Waals surface area contributed by atoms with Gasteiger partial charge in [-0.25, -0.2) is 4.98 Å². The van der Waals surface area contributed by atoms with Gasteiger partial charge in [0.2, 0.25) is 0 Å². The Labute approximate surface area is 214 Å². The van der Waals surface area contributed by atoms with Gasteiger partial charge in [0.15, 0.2) is 0 Å². The lowest BCUT2D eigenvalue weighted by Gasteiger charge is -2.07. The smallest absolute Gasteiger partial charge is 0.0969 e. The van der Waals surface area contributed by atoms with E-state index in [0.717, 1.165) is 5.52 Å². The summed E-state index contributed by atoms with van der Waals surface area (Å²) in [6, 6.07) is 44.7. The number of benzene rings is 6. The van der Waals surface area contributed by atoms with Crippen LogP contribution in [0.1, 0.15) is 0 Å². The summed E-state index contributed by atoms with van der Waals surface area (Å²) in [6.45, 7) is 0. The molecule has 2 heterocycles. The molecule has 0 saturated carbocycles. The molecule has 0 fully saturated rings. The number of para-hydroxylation sites is 3. The zero-order chi connectivity index (χ0) is 24.8. The van der Waals surface area contributed by atoms with Crippen LogP contribution in [0.5, 0.6) is 0 Å². The van der Waals surface area contributed by atoms with Crippen LogP contribution in [-0.2, 0) is 7.05 Å². The van der Waals surface area contributed by atoms with Crippen molar-refractivity contribution in [3.05, 3.63) is 134 Å². The van der Waals surface area contributed by atoms with Gasteiger partial charge in [0.25, 0.3) is 0 Å². The first-order valence-electron chi connectivity index (χ1n) is 12.6. The minimum absolute atomic E-state index is 1.09. The van der Waals surface area contributed by atoms with E-state index in [1.807, 2.05) is 6.33 Å². The third-order valence-corrected chi connectivity index (χ3v) is 7.19. The summed E-state index contributed by atoms with van der Waals surface area (Å²) < 4.78 is 4.43. The first kappa shape index (κ1) is 21.4. The molecule has 0 radical (unpaired) electrons. The molecule has 0 aliphatic heterocycles. The molecule has 0 aliphatic rings. The average Bonchev–Trinajstić information content (AvgIpc) is 3.52. The lowest BCUT2D eigenvalue weighted by Crippen LogP contribution is -1.92. The molecule has 37 heavy (non-hydrogen) atoms. The van der Waals surface area contributed by atoms with Crippen LogP contribution in [0.2, 0.25) is 0 Å². The molecular formula is C34H25N3. The van der Waals surface area contributed by atoms with Gasteiger partial charge in [-0.1, -0.05) is 103 Å². The number of hydrogen-bond acceptors (Lipinski definition) is 1. The lowest BCUT2D eigenvalue weighted by molar-refractivity contribution is 0.951. The second kappa shape index (κ2) is 8.65. The van der Waals surface area contributed by atoms with Gasteiger partial charge in [-0.15, -0.1) is 0 Å². The van der Waals surface area contributed by atoms with Crippen LogP contribution in [0.25, 0.3) is 60.1 Å². The minimum atomic E-state index is 1.09. The predicted octanol–water partition coefficient (Wildman–Crippen LogP) is 8.66. The fraction of sp³-hybridized carbons (Fsp3) is 0.0294. The maximum absolute atomic E-state index is 4.56. The van der Waals surface area contributed by atoms with Crippen molar-refractivity contribution < 1.29 is 0 Å². The number of nitrogens with zero attached hydrogens (tertiary/aromatic N) is 3. The summed E-state index contributed by atoms with van der Waals surface area (Å²) >= 11 is 0. The number of imidazole rings is 1. The summed E-state index contributed by atoms with van der Waals surface area (Å²) in [6.07, 6.45) is 1.89. The van der Waals surface area contributed by atoms with Crippen molar-refractivity contribution in [3.63, 3.8) is 0 Å². The number of aromatic nitrogens is 3. The molecule has 0 saturated heterocycles. The molecule has 0 aliphatic carbocycles. The zero-order valence-corrected chi connectivity index (χ0v) is 20.5. The number of hydrogen-bond donors (Lipinski definition) is 0. The van der Waals surface area contributed by atoms with Crippen LogP contribution >= 0.6 is 0 Å². The van der Waals surface area contributed by atoms with Crippen molar-refractivity contribution in [1.82, 2.24) is 14.1 Å². The van der Waals surface area contributed by atoms with Gasteiger partial charge in [0, 0.05) is 34.3 Å². The molecule has 6 aromatic carbocycles. The van der Waals surface area contributed by atoms with E-state index >= 15 is 0 Å². The van der Waals surface area contributed by atoms with E-state index < -0.39 is 0 Å². The van der Waals surface area contributed by atoms with Crippen molar-refractivity contribution in [3.8, 4) is 5.69 Å². The molecule has 0 spiro atoms. The van der Waals surface area contributed by atoms with E-state index in [1.54, 1.807) is 0 Å². The van der Waals surface area contributed by atoms with E-state index in [4.69, 9.17) is 0 Å². The highest BCUT2D eigenvalue weighted by Crippen LogP contribution is 2.34. The summed E-state index contributed by atoms with van der Waals surface area (Å²) in [5, 5.41) is 7.69. The third kappa shape index (κ3) is 3.40. The molecule has 0 atom stereocenters. The Morgan fingerprint density at radius 2 is 0.919 bits per heavy atom. The van der Waals surface area contributed by atoms with E-state index in [9.17, 15) is 0 Å². The Morgan fingerprint density at radius 1 is 0.459 bits per heavy atom. The normalized spacial score (nSPS) is 11.4. The standard InChI is InChI=1S/C18H13N.C16H12N2/c1-2-8-14(9-3-1)19-17-12-6-4-10-15(17)16-11-5-7-13-18(16)19;1-18-10-17-15-13-8-4-2-6-11(13)12-7-3-5-9-14(12)16(15)18/h1-13H;2-10H,1H3. The van der Waals surface area contributed by atoms with Crippen LogP contribution in [0, 0.1) is 0 Å². The molecule has 0 unspecified atom stereocenters. The fourth-order valence-corrected chi connectivity index (χ4v) is 5.57. The summed E-state index contributed by atoms with van der Waals surface area (Å²) in [7, 11) is 2.05. The largest absolute Gasteiger partial charge is 0.333 e. The molecule has 176 valence electrons. The van der Waals surface area contributed by atoms with Crippen LogP contribution in [-0.4, -0.2) is 14.1 Å². The molecular weight excluding hydrogens is 450 g/mol. The highest BCUT2D eigenvalue weighted by molar-refractivity contribution is 6.23. The second-order valence-corrected chi connectivity index (χ2v) is 9.35. The molecule has 8 rings (SSSR count). The first-order chi connectivity index (χ1) is 18.3. The monoisotopic (exact) mass is 475 g/mol. The molecule has 8 aromatic rings. The number of fused-ring (bicyclic) bond motifs is 9. The molecule has 0 bridgehead atoms. The Hall–Kier alpha value is -4.89. The predicted molar refractivity (Wildman–Crippen MR) is 157 cm³/mol. The summed E-state index contributed by atoms with van der Waals surface area (Å²) in [5.74, 6) is 0. The average molecular weight is 476 g/mol. The summed E-state index contributed by atoms with van der Waals surface area (Å²) in [5.41, 5.74) is 6.03. The lowest BCUT2D eigenvalue weighted by atomic mass is 10.00. The van der Waals surface area contributed by atoms with Crippen LogP contribution < -0.4 is 0 Å². The van der Waals surface area contributed by atoms with Crippen molar-refractivity contribution >= 4 is 54.4 Å². The minimum Gasteiger partial charge on any atom is -0.333 e. The highest BCUT2D eigenvalue weighted by Gasteiger charge is 2.11. The molecule has 0 N–H and O–H groups in total. The Bertz CT molecular complexity index is 1990. The van der Waals surface area contributed by atoms with Gasteiger partial charge in [-0.3, -0.25) is 0 Å². The Morgan fingerprint density at radius 3 is 1.54 bits per heavy atom. The maximum atomic E-state index is 4.56. The van der Waals surface area contributed by atoms with Crippen molar-refractivity contribution in [1.29, 1.82) is 0 Å². The Kier molecular flexibility index (Phi) is 5.00. The fourth-order valence-electron chi connectivity index (χ4n) is 5.57. The van der Waals surface area contributed by atoms with Crippen LogP contribution in [0.15, 0.2) is 134 Å². The van der Waals surface area contributed by atoms with Crippen LogP contribution in [0.4, 0.5) is 0 Å². The van der Waals surface area contributed by atoms with Gasteiger partial charge >= 0.3 is 0 Å². The molecule has 3 nitrogen and oxygen atoms in total. The molecule has 0 amide bonds. The highest BCUT2D eigenvalue weighted by atomic mass is 15.0. The third-order valence-electron chi connectivity index (χ3n) is 7.19. The van der Waals surface area contributed by atoms with Gasteiger partial charge in [-0.05, 0) is 35.0 Å². The van der Waals surface area contributed by atoms with Gasteiger partial charge in [-0.2, -0.15) is 0 Å². The van der Waals surface area contributed by atoms with Crippen molar-refractivity contribution in [2.75, 3.05) is 0 Å². The SMILES string of the molecule is Cn1cnc2c3ccccc3c3ccccc3c21.c1ccc(-n2c3ccccc3c3ccccc32)cc1. The van der Waals surface area contributed by atoms with E-state index in [1.165, 1.54) is 54.6 Å². The number of rotatable bonds is 1. The van der Waals surface area contributed by atoms with E-state index in [-0.39, 0.29) is 0 Å². The zero-order valence-electron chi connectivity index (χ0n) is 20.5. The molecule has 3 heteroatoms. The van der Waals surface area contributed by atoms with Gasteiger partial charge in [0.05, 0.1) is 28.4 Å². The number of aryl methyl sites for hydroxylation is 1. The van der Waals surface area contributed by atoms with E-state index in [2.05, 4.69) is 149 Å². The van der Waals surface area contributed by atoms with Crippen molar-refractivity contribution in [2.45, 2.75) is 0 Å². The second-order valence-electron chi connectivity index (χ2n) is 9.35. The maximum Gasteiger partial charge on any atom is 0.0969 e. The Balaban J connectivity index is 0.000000125. The van der Waals surface area contributed by atoms with Crippen molar-refractivity contribution in [2.24, 2.45) is 7.05 Å². The first-order valence-corrected chi connectivity index (χ1v) is 12.6. The quantitative estimate of drug-likeness (QED) is 0.218. The van der Waals surface area contributed by atoms with Gasteiger partial charge < -0.3 is 9.13 Å². The molecule has 2 aromatic heterocycles. The van der Waals surface area contributed by atoms with Crippen LogP contribution in [0.3, 0.4) is 0 Å².